The molecule has 0 saturated carbocycles. The third kappa shape index (κ3) is 9.14. The van der Waals surface area contributed by atoms with E-state index in [2.05, 4.69) is 10.6 Å². The number of ether oxygens (including phenoxy) is 1. The number of nitrogens with one attached hydrogen (secondary N) is 2. The van der Waals surface area contributed by atoms with Gasteiger partial charge < -0.3 is 50.0 Å². The summed E-state index contributed by atoms with van der Waals surface area (Å²) in [4.78, 5) is 28.2. The van der Waals surface area contributed by atoms with E-state index in [1.54, 1.807) is 4.90 Å². The third-order valence-electron chi connectivity index (χ3n) is 6.85. The number of aliphatic hydroxyl groups excluding tert-OH is 4. The quantitative estimate of drug-likeness (QED) is 0.170. The normalized spacial score (nSPS) is 22.8. The van der Waals surface area contributed by atoms with Crippen molar-refractivity contribution in [3.8, 4) is 0 Å². The minimum Gasteiger partial charge on any atom is -0.402 e. The number of benzene rings is 1. The molecular formula is C26H42BN3O9. The number of rotatable bonds is 13. The summed E-state index contributed by atoms with van der Waals surface area (Å²) in [6.07, 6.45) is -3.87. The van der Waals surface area contributed by atoms with Gasteiger partial charge in [-0.25, -0.2) is 4.79 Å². The Hall–Kier alpha value is -2.26. The molecule has 2 saturated heterocycles. The maximum absolute atomic E-state index is 13.7. The Morgan fingerprint density at radius 2 is 1.67 bits per heavy atom. The molecule has 2 aliphatic rings. The minimum absolute atomic E-state index is 0.0106. The number of carbonyl (C=O) groups excluding carboxylic acids is 2. The lowest BCUT2D eigenvalue weighted by molar-refractivity contribution is -0.123. The minimum atomic E-state index is -1.33. The van der Waals surface area contributed by atoms with Gasteiger partial charge in [0, 0.05) is 26.1 Å². The summed E-state index contributed by atoms with van der Waals surface area (Å²) in [5, 5.41) is 45.4. The molecule has 0 bridgehead atoms. The number of morpholine rings is 1. The second kappa shape index (κ2) is 15.5. The zero-order chi connectivity index (χ0) is 28.4. The second-order valence-corrected chi connectivity index (χ2v) is 10.4. The van der Waals surface area contributed by atoms with Gasteiger partial charge in [-0.15, -0.1) is 0 Å². The molecule has 3 amide bonds. The van der Waals surface area contributed by atoms with Gasteiger partial charge >= 0.3 is 13.1 Å². The van der Waals surface area contributed by atoms with E-state index in [9.17, 15) is 30.0 Å². The van der Waals surface area contributed by atoms with Gasteiger partial charge in [-0.3, -0.25) is 4.79 Å². The molecule has 6 N–H and O–H groups in total. The van der Waals surface area contributed by atoms with E-state index in [0.717, 1.165) is 5.56 Å². The number of hydrogen-bond donors (Lipinski definition) is 6. The maximum atomic E-state index is 13.7. The van der Waals surface area contributed by atoms with Crippen molar-refractivity contribution in [2.45, 2.75) is 69.5 Å². The number of amides is 3. The van der Waals surface area contributed by atoms with E-state index < -0.39 is 56.0 Å². The first kappa shape index (κ1) is 31.3. The molecule has 2 aliphatic heterocycles. The zero-order valence-corrected chi connectivity index (χ0v) is 22.6. The Morgan fingerprint density at radius 3 is 2.26 bits per heavy atom. The van der Waals surface area contributed by atoms with Gasteiger partial charge in [0.2, 0.25) is 5.91 Å². The van der Waals surface area contributed by atoms with Crippen LogP contribution in [0.1, 0.15) is 32.3 Å². The molecule has 2 unspecified atom stereocenters. The molecule has 2 fully saturated rings. The highest BCUT2D eigenvalue weighted by atomic mass is 16.7. The summed E-state index contributed by atoms with van der Waals surface area (Å²) >= 11 is 0. The average Bonchev–Trinajstić information content (AvgIpc) is 3.38. The van der Waals surface area contributed by atoms with Crippen molar-refractivity contribution in [3.05, 3.63) is 35.9 Å². The molecule has 0 spiro atoms. The standard InChI is InChI=1S/C26H42BN3O9/c1-17(2)14-22(27-38-23(20(33)8-11-31)24(39-27)21(34)16-32)29-25(35)19(15-18-6-4-3-5-7-18)28-26(36)30-9-12-37-13-10-30/h3-7,17,19-24,31-34H,8-16H2,1-2H3,(H,28,36)(H,29,35)/t19-,20+,21+,22-,23?,24?/m0/s1. The van der Waals surface area contributed by atoms with Crippen molar-refractivity contribution >= 4 is 19.1 Å². The van der Waals surface area contributed by atoms with E-state index in [4.69, 9.17) is 14.0 Å². The number of nitrogens with zero attached hydrogens (tertiary/aromatic N) is 1. The largest absolute Gasteiger partial charge is 0.481 e. The van der Waals surface area contributed by atoms with Crippen molar-refractivity contribution in [1.29, 1.82) is 0 Å². The SMILES string of the molecule is CC(C)C[C@H](NC(=O)[C@H](Cc1ccccc1)NC(=O)N1CCOCC1)B1OC([C@H](O)CO)C([C@H](O)CCO)O1. The van der Waals surface area contributed by atoms with Crippen LogP contribution in [0.15, 0.2) is 30.3 Å². The molecule has 39 heavy (non-hydrogen) atoms. The fourth-order valence-corrected chi connectivity index (χ4v) is 4.80. The van der Waals surface area contributed by atoms with Crippen LogP contribution in [-0.2, 0) is 25.3 Å². The molecule has 0 aliphatic carbocycles. The molecule has 0 radical (unpaired) electrons. The van der Waals surface area contributed by atoms with Gasteiger partial charge in [-0.05, 0) is 24.3 Å². The van der Waals surface area contributed by atoms with Crippen molar-refractivity contribution in [2.24, 2.45) is 5.92 Å². The van der Waals surface area contributed by atoms with Gasteiger partial charge in [-0.2, -0.15) is 0 Å². The van der Waals surface area contributed by atoms with Crippen LogP contribution >= 0.6 is 0 Å². The summed E-state index contributed by atoms with van der Waals surface area (Å²) in [7, 11) is -1.03. The number of aliphatic hydroxyl groups is 4. The van der Waals surface area contributed by atoms with Crippen LogP contribution in [0.5, 0.6) is 0 Å². The van der Waals surface area contributed by atoms with E-state index in [0.29, 0.717) is 32.7 Å². The Morgan fingerprint density at radius 1 is 1.03 bits per heavy atom. The van der Waals surface area contributed by atoms with Crippen LogP contribution in [0.25, 0.3) is 0 Å². The molecule has 3 rings (SSSR count). The Balaban J connectivity index is 1.78. The summed E-state index contributed by atoms with van der Waals surface area (Å²) in [5.41, 5.74) is 0.868. The fourth-order valence-electron chi connectivity index (χ4n) is 4.80. The first-order valence-corrected chi connectivity index (χ1v) is 13.6. The summed E-state index contributed by atoms with van der Waals surface area (Å²) in [5.74, 6) is -1.01. The Labute approximate surface area is 229 Å². The number of carbonyl (C=O) groups is 2. The van der Waals surface area contributed by atoms with Crippen molar-refractivity contribution in [3.63, 3.8) is 0 Å². The highest BCUT2D eigenvalue weighted by molar-refractivity contribution is 6.47. The van der Waals surface area contributed by atoms with Crippen LogP contribution in [0.4, 0.5) is 4.79 Å². The maximum Gasteiger partial charge on any atom is 0.481 e. The molecule has 1 aromatic carbocycles. The van der Waals surface area contributed by atoms with E-state index >= 15 is 0 Å². The van der Waals surface area contributed by atoms with Crippen LogP contribution < -0.4 is 10.6 Å². The van der Waals surface area contributed by atoms with E-state index in [1.807, 2.05) is 44.2 Å². The summed E-state index contributed by atoms with van der Waals surface area (Å²) < 4.78 is 17.2. The molecule has 1 aromatic rings. The third-order valence-corrected chi connectivity index (χ3v) is 6.85. The lowest BCUT2D eigenvalue weighted by Crippen LogP contribution is -2.58. The van der Waals surface area contributed by atoms with Gasteiger partial charge in [-0.1, -0.05) is 44.2 Å². The lowest BCUT2D eigenvalue weighted by Gasteiger charge is -2.30. The molecule has 218 valence electrons. The smallest absolute Gasteiger partial charge is 0.402 e. The predicted molar refractivity (Wildman–Crippen MR) is 143 cm³/mol. The zero-order valence-electron chi connectivity index (χ0n) is 22.6. The van der Waals surface area contributed by atoms with Crippen molar-refractivity contribution in [2.75, 3.05) is 39.5 Å². The molecule has 0 aromatic heterocycles. The van der Waals surface area contributed by atoms with Crippen molar-refractivity contribution in [1.82, 2.24) is 15.5 Å². The molecule has 12 nitrogen and oxygen atoms in total. The average molecular weight is 551 g/mol. The van der Waals surface area contributed by atoms with Crippen molar-refractivity contribution < 1.29 is 44.1 Å². The molecule has 13 heteroatoms. The van der Waals surface area contributed by atoms with Gasteiger partial charge in [0.1, 0.15) is 12.1 Å². The van der Waals surface area contributed by atoms with Crippen LogP contribution in [-0.4, -0.2) is 120 Å². The highest BCUT2D eigenvalue weighted by Crippen LogP contribution is 2.27. The van der Waals surface area contributed by atoms with Crippen LogP contribution in [0.2, 0.25) is 0 Å². The van der Waals surface area contributed by atoms with Crippen LogP contribution in [0, 0.1) is 5.92 Å². The Bertz CT molecular complexity index is 891. The first-order chi connectivity index (χ1) is 18.7. The van der Waals surface area contributed by atoms with Gasteiger partial charge in [0.25, 0.3) is 0 Å². The van der Waals surface area contributed by atoms with Gasteiger partial charge in [0.05, 0.1) is 44.1 Å². The topological polar surface area (TPSA) is 170 Å². The molecule has 6 atom stereocenters. The molecular weight excluding hydrogens is 509 g/mol. The van der Waals surface area contributed by atoms with E-state index in [1.165, 1.54) is 0 Å². The predicted octanol–water partition coefficient (Wildman–Crippen LogP) is -0.922. The van der Waals surface area contributed by atoms with Crippen LogP contribution in [0.3, 0.4) is 0 Å². The van der Waals surface area contributed by atoms with Gasteiger partial charge in [0.15, 0.2) is 0 Å². The highest BCUT2D eigenvalue weighted by Gasteiger charge is 2.50. The monoisotopic (exact) mass is 551 g/mol. The lowest BCUT2D eigenvalue weighted by atomic mass is 9.74. The molecule has 2 heterocycles. The number of urea groups is 1. The Kier molecular flexibility index (Phi) is 12.4. The fraction of sp³-hybridized carbons (Fsp3) is 0.692. The van der Waals surface area contributed by atoms with E-state index in [-0.39, 0.29) is 31.4 Å². The second-order valence-electron chi connectivity index (χ2n) is 10.4. The summed E-state index contributed by atoms with van der Waals surface area (Å²) in [6.45, 7) is 4.73. The number of hydrogen-bond acceptors (Lipinski definition) is 9. The summed E-state index contributed by atoms with van der Waals surface area (Å²) in [6, 6.07) is 8.10. The first-order valence-electron chi connectivity index (χ1n) is 13.6.